The molecule has 3 rings (SSSR count). The Hall–Kier alpha value is -0.650. The monoisotopic (exact) mass is 384 g/mol. The number of ether oxygens (including phenoxy) is 1. The highest BCUT2D eigenvalue weighted by Crippen LogP contribution is 2.24. The zero-order chi connectivity index (χ0) is 17.1. The predicted octanol–water partition coefficient (Wildman–Crippen LogP) is 4.17. The first-order valence-corrected chi connectivity index (χ1v) is 9.48. The minimum absolute atomic E-state index is 0.112. The quantitative estimate of drug-likeness (QED) is 0.726. The van der Waals surface area contributed by atoms with Gasteiger partial charge in [-0.15, -0.1) is 0 Å². The topological polar surface area (TPSA) is 15.7 Å². The Balaban J connectivity index is 1.54. The van der Waals surface area contributed by atoms with Gasteiger partial charge in [-0.25, -0.2) is 0 Å². The Morgan fingerprint density at radius 3 is 2.62 bits per heavy atom. The molecule has 2 heterocycles. The fourth-order valence-corrected chi connectivity index (χ4v) is 3.92. The average molecular weight is 385 g/mol. The lowest BCUT2D eigenvalue weighted by Crippen LogP contribution is -2.49. The van der Waals surface area contributed by atoms with E-state index in [0.717, 1.165) is 50.7 Å². The van der Waals surface area contributed by atoms with Crippen molar-refractivity contribution in [2.24, 2.45) is 0 Å². The van der Waals surface area contributed by atoms with Crippen molar-refractivity contribution in [1.82, 2.24) is 9.80 Å². The van der Waals surface area contributed by atoms with Crippen LogP contribution < -0.4 is 0 Å². The van der Waals surface area contributed by atoms with Crippen molar-refractivity contribution in [2.75, 3.05) is 32.8 Å². The lowest BCUT2D eigenvalue weighted by molar-refractivity contribution is 0.0860. The van der Waals surface area contributed by atoms with Crippen molar-refractivity contribution in [3.05, 3.63) is 45.5 Å². The van der Waals surface area contributed by atoms with E-state index in [-0.39, 0.29) is 6.10 Å². The molecule has 0 N–H and O–H groups in total. The van der Waals surface area contributed by atoms with E-state index >= 15 is 0 Å². The molecule has 1 aromatic rings. The van der Waals surface area contributed by atoms with E-state index < -0.39 is 0 Å². The minimum atomic E-state index is 0.112. The summed E-state index contributed by atoms with van der Waals surface area (Å²) in [5.74, 6) is 0. The summed E-state index contributed by atoms with van der Waals surface area (Å²) in [6.07, 6.45) is 3.30. The molecule has 2 aliphatic heterocycles. The summed E-state index contributed by atoms with van der Waals surface area (Å²) in [5.41, 5.74) is 2.37. The van der Waals surface area contributed by atoms with Gasteiger partial charge in [0.25, 0.3) is 0 Å². The van der Waals surface area contributed by atoms with Gasteiger partial charge in [0.2, 0.25) is 0 Å². The number of hydrogen-bond acceptors (Lipinski definition) is 3. The summed E-state index contributed by atoms with van der Waals surface area (Å²) < 4.78 is 5.71. The van der Waals surface area contributed by atoms with E-state index in [4.69, 9.17) is 40.2 Å². The third-order valence-electron chi connectivity index (χ3n) is 4.58. The van der Waals surface area contributed by atoms with Gasteiger partial charge in [0.05, 0.1) is 22.8 Å². The van der Waals surface area contributed by atoms with Crippen LogP contribution in [0.2, 0.25) is 10.0 Å². The minimum Gasteiger partial charge on any atom is -0.373 e. The second-order valence-electron chi connectivity index (χ2n) is 6.28. The van der Waals surface area contributed by atoms with Crippen LogP contribution in [0.25, 0.3) is 0 Å². The van der Waals surface area contributed by atoms with E-state index in [0.29, 0.717) is 10.0 Å². The number of hydrogen-bond donors (Lipinski definition) is 0. The number of piperazine rings is 1. The Morgan fingerprint density at radius 2 is 1.96 bits per heavy atom. The zero-order valence-corrected chi connectivity index (χ0v) is 16.1. The van der Waals surface area contributed by atoms with Gasteiger partial charge in [-0.1, -0.05) is 47.6 Å². The number of nitrogens with zero attached hydrogens (tertiary/aromatic N) is 2. The Morgan fingerprint density at radius 1 is 1.21 bits per heavy atom. The lowest BCUT2D eigenvalue weighted by atomic mass is 10.1. The van der Waals surface area contributed by atoms with Crippen molar-refractivity contribution in [1.29, 1.82) is 0 Å². The first-order chi connectivity index (χ1) is 11.5. The van der Waals surface area contributed by atoms with Gasteiger partial charge in [0.15, 0.2) is 0 Å². The standard InChI is InChI=1S/C18H22Cl2N2OS/c1-13-15(3-2-10-23-13)18(24)22-8-6-21(7-9-22)12-14-4-5-16(19)17(20)11-14/h3-5,11,13H,2,6-10,12H2,1H3. The Kier molecular flexibility index (Phi) is 6.17. The molecule has 0 saturated carbocycles. The van der Waals surface area contributed by atoms with Gasteiger partial charge in [0, 0.05) is 38.3 Å². The van der Waals surface area contributed by atoms with Gasteiger partial charge >= 0.3 is 0 Å². The van der Waals surface area contributed by atoms with Gasteiger partial charge in [-0.3, -0.25) is 4.90 Å². The van der Waals surface area contributed by atoms with Crippen LogP contribution in [-0.2, 0) is 11.3 Å². The molecule has 1 atom stereocenters. The highest BCUT2D eigenvalue weighted by Gasteiger charge is 2.25. The predicted molar refractivity (Wildman–Crippen MR) is 104 cm³/mol. The van der Waals surface area contributed by atoms with Crippen molar-refractivity contribution >= 4 is 40.4 Å². The molecule has 24 heavy (non-hydrogen) atoms. The summed E-state index contributed by atoms with van der Waals surface area (Å²) in [5, 5.41) is 1.22. The lowest BCUT2D eigenvalue weighted by Gasteiger charge is -2.38. The molecule has 130 valence electrons. The molecule has 0 aliphatic carbocycles. The smallest absolute Gasteiger partial charge is 0.107 e. The Bertz CT molecular complexity index is 642. The normalized spacial score (nSPS) is 22.4. The van der Waals surface area contributed by atoms with E-state index in [9.17, 15) is 0 Å². The van der Waals surface area contributed by atoms with Crippen molar-refractivity contribution < 1.29 is 4.74 Å². The maximum Gasteiger partial charge on any atom is 0.107 e. The second-order valence-corrected chi connectivity index (χ2v) is 7.48. The average Bonchev–Trinajstić information content (AvgIpc) is 2.59. The summed E-state index contributed by atoms with van der Waals surface area (Å²) in [4.78, 5) is 5.68. The summed E-state index contributed by atoms with van der Waals surface area (Å²) in [7, 11) is 0. The molecule has 1 aromatic carbocycles. The van der Waals surface area contributed by atoms with E-state index in [1.165, 1.54) is 11.1 Å². The van der Waals surface area contributed by atoms with E-state index in [1.54, 1.807) is 0 Å². The molecule has 0 amide bonds. The number of thiocarbonyl (C=S) groups is 1. The highest BCUT2D eigenvalue weighted by molar-refractivity contribution is 7.80. The third-order valence-corrected chi connectivity index (χ3v) is 5.82. The summed E-state index contributed by atoms with van der Waals surface area (Å²) in [6, 6.07) is 5.85. The fourth-order valence-electron chi connectivity index (χ4n) is 3.16. The fraction of sp³-hybridized carbons (Fsp3) is 0.500. The second kappa shape index (κ2) is 8.15. The van der Waals surface area contributed by atoms with Crippen molar-refractivity contribution in [3.63, 3.8) is 0 Å². The largest absolute Gasteiger partial charge is 0.373 e. The van der Waals surface area contributed by atoms with E-state index in [2.05, 4.69) is 22.8 Å². The van der Waals surface area contributed by atoms with Crippen molar-refractivity contribution in [2.45, 2.75) is 26.0 Å². The SMILES string of the molecule is CC1OCCC=C1C(=S)N1CCN(Cc2ccc(Cl)c(Cl)c2)CC1. The third kappa shape index (κ3) is 4.30. The van der Waals surface area contributed by atoms with Gasteiger partial charge in [-0.2, -0.15) is 0 Å². The molecular weight excluding hydrogens is 363 g/mol. The number of halogens is 2. The zero-order valence-electron chi connectivity index (χ0n) is 13.8. The summed E-state index contributed by atoms with van der Waals surface area (Å²) in [6.45, 7) is 7.64. The molecule has 2 aliphatic rings. The van der Waals surface area contributed by atoms with Crippen LogP contribution in [-0.4, -0.2) is 53.7 Å². The van der Waals surface area contributed by atoms with Crippen LogP contribution >= 0.6 is 35.4 Å². The van der Waals surface area contributed by atoms with Crippen LogP contribution in [0.15, 0.2) is 29.8 Å². The first kappa shape index (κ1) is 18.2. The van der Waals surface area contributed by atoms with Crippen LogP contribution in [0, 0.1) is 0 Å². The van der Waals surface area contributed by atoms with E-state index in [1.807, 2.05) is 18.2 Å². The molecule has 0 bridgehead atoms. The molecule has 1 fully saturated rings. The molecular formula is C18H22Cl2N2OS. The highest BCUT2D eigenvalue weighted by atomic mass is 35.5. The number of benzene rings is 1. The van der Waals surface area contributed by atoms with Crippen molar-refractivity contribution in [3.8, 4) is 0 Å². The molecule has 3 nitrogen and oxygen atoms in total. The summed E-state index contributed by atoms with van der Waals surface area (Å²) >= 11 is 17.8. The van der Waals surface area contributed by atoms with Crippen LogP contribution in [0.3, 0.4) is 0 Å². The Labute approximate surface area is 159 Å². The van der Waals surface area contributed by atoms with Crippen LogP contribution in [0.4, 0.5) is 0 Å². The molecule has 1 unspecified atom stereocenters. The molecule has 0 aromatic heterocycles. The van der Waals surface area contributed by atoms with Gasteiger partial charge < -0.3 is 9.64 Å². The van der Waals surface area contributed by atoms with Gasteiger partial charge in [0.1, 0.15) is 4.99 Å². The first-order valence-electron chi connectivity index (χ1n) is 8.32. The molecule has 6 heteroatoms. The molecule has 0 radical (unpaired) electrons. The number of rotatable bonds is 3. The molecule has 0 spiro atoms. The maximum atomic E-state index is 6.10. The molecule has 1 saturated heterocycles. The maximum absolute atomic E-state index is 6.10. The van der Waals surface area contributed by atoms with Crippen LogP contribution in [0.1, 0.15) is 18.9 Å². The van der Waals surface area contributed by atoms with Crippen LogP contribution in [0.5, 0.6) is 0 Å². The van der Waals surface area contributed by atoms with Gasteiger partial charge in [-0.05, 0) is 31.0 Å².